The van der Waals surface area contributed by atoms with Crippen molar-refractivity contribution in [3.8, 4) is 5.75 Å². The molecule has 0 bridgehead atoms. The first kappa shape index (κ1) is 65.9. The number of halogens is 24. The first-order chi connectivity index (χ1) is 41.0. The highest BCUT2D eigenvalue weighted by Crippen LogP contribution is 2.42. The fourth-order valence-electron chi connectivity index (χ4n) is 9.89. The fourth-order valence-corrected chi connectivity index (χ4v) is 9.89. The van der Waals surface area contributed by atoms with Gasteiger partial charge in [-0.25, -0.2) is 4.79 Å². The summed E-state index contributed by atoms with van der Waals surface area (Å²) >= 11 is 0. The predicted molar refractivity (Wildman–Crippen MR) is 272 cm³/mol. The van der Waals surface area contributed by atoms with Gasteiger partial charge in [0.15, 0.2) is 6.20 Å². The van der Waals surface area contributed by atoms with Crippen molar-refractivity contribution in [3.63, 3.8) is 0 Å². The number of rotatable bonds is 9. The Morgan fingerprint density at radius 1 is 0.382 bits per heavy atom. The van der Waals surface area contributed by atoms with Crippen molar-refractivity contribution < 1.29 is 124 Å². The van der Waals surface area contributed by atoms with Gasteiger partial charge in [0.05, 0.1) is 50.7 Å². The van der Waals surface area contributed by atoms with Crippen LogP contribution in [0.5, 0.6) is 5.75 Å². The smallest absolute Gasteiger partial charge is 0.416 e. The SMILES string of the molecule is FC(F)(F)c1cc([B-](c2cc(C(F)(F)F)cc(C(F)(F)F)c2)(c2cc(C(F)(F)F)cc(C(F)(F)F)c2)c2cc(C(F)(F)F)cc(C(F)(F)F)c2)cc(C(F)(F)F)c1.O=C(C[n+]1ccncc1C(=O)Oc1cc2ccccc2c2ccccc12)c1ccccc1. The molecule has 1 heterocycles. The fraction of sp³-hybridized carbons (Fsp3) is 0.153. The topological polar surface area (TPSA) is 60.1 Å². The Morgan fingerprint density at radius 3 is 1.04 bits per heavy atom. The number of ketones is 1. The summed E-state index contributed by atoms with van der Waals surface area (Å²) in [6, 6.07) is 17.8. The van der Waals surface area contributed by atoms with Crippen LogP contribution in [0.2, 0.25) is 0 Å². The molecule has 0 radical (unpaired) electrons. The summed E-state index contributed by atoms with van der Waals surface area (Å²) in [7, 11) is 0. The lowest BCUT2D eigenvalue weighted by Crippen LogP contribution is -2.75. The van der Waals surface area contributed by atoms with E-state index in [1.54, 1.807) is 29.1 Å². The van der Waals surface area contributed by atoms with E-state index in [4.69, 9.17) is 4.74 Å². The molecule has 0 fully saturated rings. The van der Waals surface area contributed by atoms with E-state index in [0.717, 1.165) is 21.5 Å². The molecule has 0 aliphatic carbocycles. The number of carbonyl (C=O) groups excluding carboxylic acids is 2. The Balaban J connectivity index is 0.000000267. The Morgan fingerprint density at radius 2 is 0.697 bits per heavy atom. The van der Waals surface area contributed by atoms with Gasteiger partial charge in [0.1, 0.15) is 18.1 Å². The zero-order chi connectivity index (χ0) is 65.8. The molecule has 0 saturated heterocycles. The van der Waals surface area contributed by atoms with Crippen molar-refractivity contribution in [1.29, 1.82) is 0 Å². The highest BCUT2D eigenvalue weighted by molar-refractivity contribution is 7.20. The second-order valence-corrected chi connectivity index (χ2v) is 19.6. The number of alkyl halides is 24. The Hall–Kier alpha value is -9.12. The number of hydrogen-bond donors (Lipinski definition) is 0. The summed E-state index contributed by atoms with van der Waals surface area (Å²) in [4.78, 5) is 29.9. The van der Waals surface area contributed by atoms with E-state index in [-0.39, 0.29) is 18.0 Å². The second kappa shape index (κ2) is 23.4. The third-order valence-electron chi connectivity index (χ3n) is 13.8. The Bertz CT molecular complexity index is 3710. The van der Waals surface area contributed by atoms with Crippen molar-refractivity contribution >= 4 is 61.3 Å². The van der Waals surface area contributed by atoms with Gasteiger partial charge in [0.2, 0.25) is 12.3 Å². The lowest BCUT2D eigenvalue weighted by atomic mass is 9.12. The van der Waals surface area contributed by atoms with Crippen molar-refractivity contribution in [1.82, 2.24) is 4.98 Å². The third kappa shape index (κ3) is 14.4. The second-order valence-electron chi connectivity index (χ2n) is 19.6. The lowest BCUT2D eigenvalue weighted by Gasteiger charge is -2.46. The van der Waals surface area contributed by atoms with Crippen molar-refractivity contribution in [3.05, 3.63) is 232 Å². The maximum absolute atomic E-state index is 14.2. The number of Topliss-reactive ketones (excluding diaryl/α,β-unsaturated/α-hetero) is 1. The summed E-state index contributed by atoms with van der Waals surface area (Å²) in [5.74, 6) is -0.208. The van der Waals surface area contributed by atoms with E-state index in [0.29, 0.717) is 11.3 Å². The molecule has 89 heavy (non-hydrogen) atoms. The van der Waals surface area contributed by atoms with Gasteiger partial charge >= 0.3 is 61.1 Å². The largest absolute Gasteiger partial charge is 0.418 e. The molecular weight excluding hydrogens is 1250 g/mol. The van der Waals surface area contributed by atoms with Crippen molar-refractivity contribution in [2.24, 2.45) is 0 Å². The number of fused-ring (bicyclic) bond motifs is 3. The molecule has 466 valence electrons. The number of ether oxygens (including phenoxy) is 1. The molecule has 5 nitrogen and oxygen atoms in total. The van der Waals surface area contributed by atoms with Crippen LogP contribution in [0, 0.1) is 0 Å². The molecule has 0 amide bonds. The van der Waals surface area contributed by atoms with E-state index in [9.17, 15) is 115 Å². The van der Waals surface area contributed by atoms with Crippen LogP contribution in [-0.2, 0) is 56.0 Å². The molecule has 0 N–H and O–H groups in total. The standard InChI is InChI=1S/C32H12BF24.C27H19N2O3/c34-25(35,36)13-1-14(26(37,38)39)6-21(5-13)33(22-7-15(27(40,41)42)2-16(8-22)28(43,44)45,23-9-17(29(46,47)48)3-18(10-23)30(49,50)51)24-11-19(31(52,53)54)4-20(12-24)32(55,56)57;30-25(19-8-2-1-3-9-19)18-29-15-14-28-17-24(29)27(31)32-26-16-20-10-4-5-11-21(20)22-12-6-7-13-23(22)26/h1-12H;1-17H,18H2/q-1;+1. The Kier molecular flexibility index (Phi) is 17.3. The first-order valence-electron chi connectivity index (χ1n) is 24.9. The van der Waals surface area contributed by atoms with Gasteiger partial charge in [0, 0.05) is 10.9 Å². The predicted octanol–water partition coefficient (Wildman–Crippen LogP) is 16.0. The molecule has 9 aromatic rings. The molecule has 0 aliphatic heterocycles. The number of hydrogen-bond acceptors (Lipinski definition) is 4. The molecule has 9 rings (SSSR count). The minimum absolute atomic E-state index is 0.00936. The van der Waals surface area contributed by atoms with E-state index >= 15 is 0 Å². The van der Waals surface area contributed by atoms with Gasteiger partial charge in [-0.15, -0.1) is 0 Å². The quantitative estimate of drug-likeness (QED) is 0.0275. The van der Waals surface area contributed by atoms with Gasteiger partial charge in [-0.2, -0.15) is 132 Å². The van der Waals surface area contributed by atoms with E-state index in [1.165, 1.54) is 6.20 Å². The summed E-state index contributed by atoms with van der Waals surface area (Å²) in [5, 5.41) is 3.92. The van der Waals surface area contributed by atoms with Gasteiger partial charge < -0.3 is 4.74 Å². The summed E-state index contributed by atoms with van der Waals surface area (Å²) < 4.78 is 348. The molecular formula is C59H31BF24N2O3. The zero-order valence-electron chi connectivity index (χ0n) is 43.7. The highest BCUT2D eigenvalue weighted by Gasteiger charge is 2.47. The van der Waals surface area contributed by atoms with Crippen LogP contribution in [0.4, 0.5) is 105 Å². The average molecular weight is 1280 g/mol. The monoisotopic (exact) mass is 1280 g/mol. The molecule has 0 aliphatic rings. The van der Waals surface area contributed by atoms with Gasteiger partial charge in [-0.05, 0) is 46.5 Å². The zero-order valence-corrected chi connectivity index (χ0v) is 43.7. The van der Waals surface area contributed by atoms with Crippen molar-refractivity contribution in [2.45, 2.75) is 56.0 Å². The number of esters is 1. The number of aromatic nitrogens is 2. The minimum Gasteiger partial charge on any atom is -0.418 e. The maximum atomic E-state index is 14.2. The van der Waals surface area contributed by atoms with Crippen LogP contribution in [0.3, 0.4) is 0 Å². The molecule has 1 aromatic heterocycles. The van der Waals surface area contributed by atoms with Gasteiger partial charge in [-0.1, -0.05) is 127 Å². The summed E-state index contributed by atoms with van der Waals surface area (Å²) in [6.45, 7) is 0.00936. The molecule has 0 spiro atoms. The summed E-state index contributed by atoms with van der Waals surface area (Å²) in [5.41, 5.74) is -29.4. The van der Waals surface area contributed by atoms with Crippen LogP contribution in [0.1, 0.15) is 65.4 Å². The van der Waals surface area contributed by atoms with Crippen LogP contribution in [0.15, 0.2) is 176 Å². The van der Waals surface area contributed by atoms with Gasteiger partial charge in [0.25, 0.3) is 0 Å². The van der Waals surface area contributed by atoms with Crippen LogP contribution < -0.4 is 31.2 Å². The van der Waals surface area contributed by atoms with E-state index in [1.807, 2.05) is 72.8 Å². The average Bonchev–Trinajstić information content (AvgIpc) is 0.713. The lowest BCUT2D eigenvalue weighted by molar-refractivity contribution is -0.686. The molecule has 30 heteroatoms. The molecule has 0 atom stereocenters. The molecule has 0 unspecified atom stereocenters. The van der Waals surface area contributed by atoms with E-state index < -0.39 is 201 Å². The van der Waals surface area contributed by atoms with Crippen LogP contribution in [0.25, 0.3) is 21.5 Å². The van der Waals surface area contributed by atoms with Crippen molar-refractivity contribution in [2.75, 3.05) is 0 Å². The van der Waals surface area contributed by atoms with Crippen LogP contribution >= 0.6 is 0 Å². The maximum Gasteiger partial charge on any atom is 0.416 e. The third-order valence-corrected chi connectivity index (χ3v) is 13.8. The molecule has 8 aromatic carbocycles. The first-order valence-corrected chi connectivity index (χ1v) is 24.9. The highest BCUT2D eigenvalue weighted by atomic mass is 19.4. The summed E-state index contributed by atoms with van der Waals surface area (Å²) in [6.07, 6.45) is -50.2. The van der Waals surface area contributed by atoms with Crippen LogP contribution in [-0.4, -0.2) is 22.9 Å². The minimum atomic E-state index is -6.13. The number of benzene rings is 8. The Labute approximate surface area is 483 Å². The molecule has 0 saturated carbocycles. The number of carbonyl (C=O) groups is 2. The van der Waals surface area contributed by atoms with Gasteiger partial charge in [-0.3, -0.25) is 9.78 Å². The normalized spacial score (nSPS) is 13.1. The number of nitrogens with zero attached hydrogens (tertiary/aromatic N) is 2. The van der Waals surface area contributed by atoms with E-state index in [2.05, 4.69) is 4.98 Å².